The molecule has 0 aliphatic carbocycles. The molecule has 0 aromatic rings. The molecule has 0 spiro atoms. The first-order valence-electron chi connectivity index (χ1n) is 6.14. The maximum absolute atomic E-state index is 6.15. The van der Waals surface area contributed by atoms with Crippen LogP contribution in [0, 0.1) is 0 Å². The van der Waals surface area contributed by atoms with Crippen molar-refractivity contribution < 1.29 is 14.2 Å². The summed E-state index contributed by atoms with van der Waals surface area (Å²) >= 11 is 0. The highest BCUT2D eigenvalue weighted by Crippen LogP contribution is 2.42. The van der Waals surface area contributed by atoms with Gasteiger partial charge in [-0.3, -0.25) is 0 Å². The van der Waals surface area contributed by atoms with Gasteiger partial charge in [0.15, 0.2) is 5.79 Å². The average molecular weight is 254 g/mol. The molecule has 0 amide bonds. The molecule has 0 aromatic heterocycles. The Bertz CT molecular complexity index is 358. The van der Waals surface area contributed by atoms with Gasteiger partial charge in [0.05, 0.1) is 12.1 Å². The largest absolute Gasteiger partial charge is 0.358 e. The summed E-state index contributed by atoms with van der Waals surface area (Å²) in [7, 11) is 0. The van der Waals surface area contributed by atoms with Crippen LogP contribution in [0.15, 0.2) is 25.3 Å². The second kappa shape index (κ2) is 4.43. The van der Waals surface area contributed by atoms with Crippen LogP contribution in [0.1, 0.15) is 13.8 Å². The topological polar surface area (TPSA) is 79.7 Å². The van der Waals surface area contributed by atoms with Crippen LogP contribution in [0.5, 0.6) is 0 Å². The molecule has 5 atom stereocenters. The van der Waals surface area contributed by atoms with Crippen molar-refractivity contribution in [1.29, 1.82) is 0 Å². The summed E-state index contributed by atoms with van der Waals surface area (Å²) in [5.74, 6) is -0.699. The molecule has 2 heterocycles. The third kappa shape index (κ3) is 1.92. The maximum Gasteiger partial charge on any atom is 0.164 e. The van der Waals surface area contributed by atoms with E-state index in [9.17, 15) is 0 Å². The van der Waals surface area contributed by atoms with Gasteiger partial charge in [-0.25, -0.2) is 0 Å². The number of hydrogen-bond acceptors (Lipinski definition) is 5. The van der Waals surface area contributed by atoms with Crippen LogP contribution in [-0.2, 0) is 14.2 Å². The molecular formula is C13H22N2O3. The van der Waals surface area contributed by atoms with E-state index in [-0.39, 0.29) is 30.9 Å². The van der Waals surface area contributed by atoms with Gasteiger partial charge in [-0.05, 0) is 13.8 Å². The van der Waals surface area contributed by atoms with Crippen molar-refractivity contribution in [2.45, 2.75) is 49.6 Å². The highest BCUT2D eigenvalue weighted by Gasteiger charge is 2.58. The zero-order valence-electron chi connectivity index (χ0n) is 11.0. The zero-order chi connectivity index (χ0) is 13.6. The third-order valence-corrected chi connectivity index (χ3v) is 3.62. The van der Waals surface area contributed by atoms with Gasteiger partial charge >= 0.3 is 0 Å². The van der Waals surface area contributed by atoms with Gasteiger partial charge in [-0.1, -0.05) is 12.2 Å². The van der Waals surface area contributed by atoms with Crippen molar-refractivity contribution in [3.63, 3.8) is 0 Å². The molecule has 2 saturated heterocycles. The molecule has 2 fully saturated rings. The number of ether oxygens (including phenoxy) is 3. The summed E-state index contributed by atoms with van der Waals surface area (Å²) in [5.41, 5.74) is 11.2. The van der Waals surface area contributed by atoms with Crippen molar-refractivity contribution in [2.24, 2.45) is 11.5 Å². The molecule has 2 aliphatic rings. The smallest absolute Gasteiger partial charge is 0.164 e. The van der Waals surface area contributed by atoms with Crippen LogP contribution in [0.2, 0.25) is 0 Å². The normalized spacial score (nSPS) is 46.4. The first-order chi connectivity index (χ1) is 8.39. The van der Waals surface area contributed by atoms with E-state index in [1.165, 1.54) is 0 Å². The van der Waals surface area contributed by atoms with Gasteiger partial charge in [-0.2, -0.15) is 0 Å². The lowest BCUT2D eigenvalue weighted by atomic mass is 9.84. The fourth-order valence-electron chi connectivity index (χ4n) is 2.65. The van der Waals surface area contributed by atoms with Crippen molar-refractivity contribution in [3.8, 4) is 0 Å². The second-order valence-electron chi connectivity index (χ2n) is 5.28. The SMILES string of the molecule is C=CC1OC(C=C)(CN)[C@@H]2OC(C)(C)O[C@@H]2[C@H]1N. The van der Waals surface area contributed by atoms with E-state index in [0.717, 1.165) is 0 Å². The zero-order valence-corrected chi connectivity index (χ0v) is 11.0. The lowest BCUT2D eigenvalue weighted by Gasteiger charge is -2.46. The molecule has 5 heteroatoms. The fraction of sp³-hybridized carbons (Fsp3) is 0.692. The Hall–Kier alpha value is -0.720. The number of hydrogen-bond donors (Lipinski definition) is 2. The predicted molar refractivity (Wildman–Crippen MR) is 68.9 cm³/mol. The van der Waals surface area contributed by atoms with Gasteiger partial charge in [0.25, 0.3) is 0 Å². The molecule has 4 N–H and O–H groups in total. The lowest BCUT2D eigenvalue weighted by Crippen LogP contribution is -2.66. The molecular weight excluding hydrogens is 232 g/mol. The van der Waals surface area contributed by atoms with E-state index in [1.807, 2.05) is 13.8 Å². The Balaban J connectivity index is 2.39. The Morgan fingerprint density at radius 1 is 1.22 bits per heavy atom. The Labute approximate surface area is 108 Å². The molecule has 0 saturated carbocycles. The van der Waals surface area contributed by atoms with Crippen LogP contribution in [0.25, 0.3) is 0 Å². The first-order valence-corrected chi connectivity index (χ1v) is 6.14. The minimum absolute atomic E-state index is 0.258. The molecule has 2 unspecified atom stereocenters. The molecule has 2 rings (SSSR count). The molecule has 0 radical (unpaired) electrons. The summed E-state index contributed by atoms with van der Waals surface area (Å²) in [6, 6.07) is -0.325. The van der Waals surface area contributed by atoms with Crippen molar-refractivity contribution in [1.82, 2.24) is 0 Å². The molecule has 0 aromatic carbocycles. The van der Waals surface area contributed by atoms with Gasteiger partial charge in [0.2, 0.25) is 0 Å². The van der Waals surface area contributed by atoms with E-state index in [4.69, 9.17) is 25.7 Å². The molecule has 102 valence electrons. The van der Waals surface area contributed by atoms with E-state index in [2.05, 4.69) is 13.2 Å². The van der Waals surface area contributed by atoms with E-state index < -0.39 is 11.4 Å². The summed E-state index contributed by atoms with van der Waals surface area (Å²) in [6.07, 6.45) is 2.39. The highest BCUT2D eigenvalue weighted by molar-refractivity contribution is 5.17. The predicted octanol–water partition coefficient (Wildman–Crippen LogP) is 0.302. The van der Waals surface area contributed by atoms with Crippen molar-refractivity contribution in [3.05, 3.63) is 25.3 Å². The molecule has 5 nitrogen and oxygen atoms in total. The van der Waals surface area contributed by atoms with Gasteiger partial charge in [0.1, 0.15) is 17.8 Å². The van der Waals surface area contributed by atoms with Crippen molar-refractivity contribution in [2.75, 3.05) is 6.54 Å². The summed E-state index contributed by atoms with van der Waals surface area (Å²) in [6.45, 7) is 11.5. The molecule has 18 heavy (non-hydrogen) atoms. The fourth-order valence-corrected chi connectivity index (χ4v) is 2.65. The second-order valence-corrected chi connectivity index (χ2v) is 5.28. The maximum atomic E-state index is 6.15. The number of fused-ring (bicyclic) bond motifs is 1. The van der Waals surface area contributed by atoms with Crippen molar-refractivity contribution >= 4 is 0 Å². The summed E-state index contributed by atoms with van der Waals surface area (Å²) in [5, 5.41) is 0. The highest BCUT2D eigenvalue weighted by atomic mass is 16.8. The third-order valence-electron chi connectivity index (χ3n) is 3.62. The number of nitrogens with two attached hydrogens (primary N) is 2. The van der Waals surface area contributed by atoms with Crippen LogP contribution < -0.4 is 11.5 Å². The Morgan fingerprint density at radius 3 is 2.39 bits per heavy atom. The van der Waals surface area contributed by atoms with Crippen LogP contribution in [0.3, 0.4) is 0 Å². The first kappa shape index (κ1) is 13.7. The lowest BCUT2D eigenvalue weighted by molar-refractivity contribution is -0.177. The Morgan fingerprint density at radius 2 is 1.89 bits per heavy atom. The van der Waals surface area contributed by atoms with Crippen LogP contribution in [0.4, 0.5) is 0 Å². The average Bonchev–Trinajstić information content (AvgIpc) is 2.67. The quantitative estimate of drug-likeness (QED) is 0.708. The van der Waals surface area contributed by atoms with E-state index in [0.29, 0.717) is 0 Å². The summed E-state index contributed by atoms with van der Waals surface area (Å²) in [4.78, 5) is 0. The van der Waals surface area contributed by atoms with Crippen LogP contribution in [-0.4, -0.2) is 42.3 Å². The monoisotopic (exact) mass is 254 g/mol. The van der Waals surface area contributed by atoms with Gasteiger partial charge in [0, 0.05) is 6.54 Å². The minimum atomic E-state index is -0.785. The van der Waals surface area contributed by atoms with Crippen LogP contribution >= 0.6 is 0 Å². The van der Waals surface area contributed by atoms with E-state index >= 15 is 0 Å². The van der Waals surface area contributed by atoms with E-state index in [1.54, 1.807) is 12.2 Å². The van der Waals surface area contributed by atoms with Gasteiger partial charge < -0.3 is 25.7 Å². The number of rotatable bonds is 3. The summed E-state index contributed by atoms with van der Waals surface area (Å²) < 4.78 is 17.7. The molecule has 2 aliphatic heterocycles. The Kier molecular flexibility index (Phi) is 3.38. The standard InChI is InChI=1S/C13H22N2O3/c1-5-8-9(15)10-11(18-12(3,4)17-10)13(6-2,7-14)16-8/h5-6,8-11H,1-2,7,14-15H2,3-4H3/t8?,9-,10+,11+,13?/m0/s1. The molecule has 0 bridgehead atoms. The van der Waals surface area contributed by atoms with Gasteiger partial charge in [-0.15, -0.1) is 13.2 Å². The minimum Gasteiger partial charge on any atom is -0.358 e.